The Morgan fingerprint density at radius 2 is 1.93 bits per heavy atom. The van der Waals surface area contributed by atoms with Crippen molar-refractivity contribution in [2.45, 2.75) is 40.5 Å². The summed E-state index contributed by atoms with van der Waals surface area (Å²) in [5, 5.41) is 0. The molecule has 0 spiro atoms. The van der Waals surface area contributed by atoms with Gasteiger partial charge in [-0.25, -0.2) is 0 Å². The largest absolute Gasteiger partial charge is 1.00 e. The van der Waals surface area contributed by atoms with Gasteiger partial charge in [-0.05, 0) is 24.2 Å². The van der Waals surface area contributed by atoms with Crippen molar-refractivity contribution in [3.8, 4) is 0 Å². The third kappa shape index (κ3) is 1.70. The van der Waals surface area contributed by atoms with E-state index >= 15 is 0 Å². The monoisotopic (exact) mass is 219 g/mol. The van der Waals surface area contributed by atoms with Crippen LogP contribution in [0, 0.1) is 16.7 Å². The number of halogens is 1. The van der Waals surface area contributed by atoms with Crippen LogP contribution in [0.4, 0.5) is 0 Å². The van der Waals surface area contributed by atoms with Crippen molar-refractivity contribution < 1.29 is 22.9 Å². The zero-order valence-corrected chi connectivity index (χ0v) is 10.4. The minimum Gasteiger partial charge on any atom is -1.00 e. The molecule has 0 radical (unpaired) electrons. The highest BCUT2D eigenvalue weighted by Crippen LogP contribution is 2.55. The maximum Gasteiger partial charge on any atom is 0.193 e. The maximum atomic E-state index is 11.8. The highest BCUT2D eigenvalue weighted by atomic mass is 35.5. The fourth-order valence-corrected chi connectivity index (χ4v) is 2.51. The molecule has 1 rings (SSSR count). The highest BCUT2D eigenvalue weighted by Gasteiger charge is 2.53. The van der Waals surface area contributed by atoms with Gasteiger partial charge in [-0.2, -0.15) is 0 Å². The summed E-state index contributed by atoms with van der Waals surface area (Å²) in [5.41, 5.74) is 3.73. The van der Waals surface area contributed by atoms with Gasteiger partial charge in [0.05, 0.1) is 0 Å². The molecule has 0 bridgehead atoms. The first kappa shape index (κ1) is 13.9. The number of hydrogen-bond acceptors (Lipinski definition) is 1. The molecule has 0 aromatic rings. The molecule has 0 amide bonds. The van der Waals surface area contributed by atoms with E-state index in [9.17, 15) is 4.79 Å². The highest BCUT2D eigenvalue weighted by molar-refractivity contribution is 5.86. The van der Waals surface area contributed by atoms with Crippen LogP contribution in [0.5, 0.6) is 0 Å². The van der Waals surface area contributed by atoms with E-state index in [-0.39, 0.29) is 23.2 Å². The molecule has 2 nitrogen and oxygen atoms in total. The van der Waals surface area contributed by atoms with Crippen LogP contribution < -0.4 is 18.1 Å². The quantitative estimate of drug-likeness (QED) is 0.589. The first-order chi connectivity index (χ1) is 5.86. The van der Waals surface area contributed by atoms with Gasteiger partial charge in [-0.3, -0.25) is 4.79 Å². The predicted molar refractivity (Wildman–Crippen MR) is 53.0 cm³/mol. The van der Waals surface area contributed by atoms with Gasteiger partial charge >= 0.3 is 0 Å². The van der Waals surface area contributed by atoms with Gasteiger partial charge in [0, 0.05) is 5.41 Å². The Hall–Kier alpha value is -0.0800. The first-order valence-corrected chi connectivity index (χ1v) is 5.19. The zero-order valence-electron chi connectivity index (χ0n) is 9.69. The van der Waals surface area contributed by atoms with Crippen molar-refractivity contribution in [3.63, 3.8) is 0 Å². The van der Waals surface area contributed by atoms with Gasteiger partial charge in [0.15, 0.2) is 5.78 Å². The number of carbonyl (C=O) groups is 1. The fraction of sp³-hybridized carbons (Fsp3) is 0.909. The van der Waals surface area contributed by atoms with Crippen molar-refractivity contribution in [1.82, 2.24) is 0 Å². The number of carbonyl (C=O) groups excluding carboxylic acids is 1. The number of Topliss-reactive ketones (excluding diaryl/α,β-unsaturated/α-hetero) is 1. The van der Waals surface area contributed by atoms with Gasteiger partial charge in [-0.1, -0.05) is 27.7 Å². The van der Waals surface area contributed by atoms with Crippen LogP contribution in [-0.2, 0) is 4.79 Å². The lowest BCUT2D eigenvalue weighted by Crippen LogP contribution is -3.00. The maximum absolute atomic E-state index is 11.8. The van der Waals surface area contributed by atoms with Crippen LogP contribution in [0.25, 0.3) is 0 Å². The van der Waals surface area contributed by atoms with E-state index in [0.29, 0.717) is 18.2 Å². The third-order valence-corrected chi connectivity index (χ3v) is 4.57. The molecular formula is C11H22ClNO. The molecule has 0 aromatic carbocycles. The molecule has 14 heavy (non-hydrogen) atoms. The molecule has 3 N–H and O–H groups in total. The van der Waals surface area contributed by atoms with E-state index in [0.717, 1.165) is 6.42 Å². The second-order valence-electron chi connectivity index (χ2n) is 5.17. The summed E-state index contributed by atoms with van der Waals surface area (Å²) < 4.78 is 0. The third-order valence-electron chi connectivity index (χ3n) is 4.57. The van der Waals surface area contributed by atoms with E-state index in [1.54, 1.807) is 0 Å². The molecule has 2 atom stereocenters. The Bertz CT molecular complexity index is 227. The normalized spacial score (nSPS) is 35.1. The zero-order chi connectivity index (χ0) is 10.3. The van der Waals surface area contributed by atoms with Crippen LogP contribution in [0.15, 0.2) is 0 Å². The fourth-order valence-electron chi connectivity index (χ4n) is 2.51. The average molecular weight is 220 g/mol. The minimum absolute atomic E-state index is 0. The molecule has 1 aliphatic carbocycles. The SMILES string of the molecule is CC1CCC(C)(C(=O)C[NH3+])C1(C)C.[Cl-]. The second kappa shape index (κ2) is 4.19. The molecule has 1 fully saturated rings. The van der Waals surface area contributed by atoms with E-state index in [4.69, 9.17) is 0 Å². The molecule has 2 unspecified atom stereocenters. The van der Waals surface area contributed by atoms with Crippen molar-refractivity contribution in [3.05, 3.63) is 0 Å². The number of quaternary nitrogens is 1. The molecule has 0 heterocycles. The first-order valence-electron chi connectivity index (χ1n) is 5.19. The summed E-state index contributed by atoms with van der Waals surface area (Å²) in [6.07, 6.45) is 2.21. The number of ketones is 1. The number of rotatable bonds is 2. The van der Waals surface area contributed by atoms with E-state index in [2.05, 4.69) is 33.4 Å². The summed E-state index contributed by atoms with van der Waals surface area (Å²) in [6, 6.07) is 0. The lowest BCUT2D eigenvalue weighted by Gasteiger charge is -2.38. The van der Waals surface area contributed by atoms with E-state index in [1.165, 1.54) is 6.42 Å². The number of hydrogen-bond donors (Lipinski definition) is 1. The summed E-state index contributed by atoms with van der Waals surface area (Å²) in [5.74, 6) is 0.981. The lowest BCUT2D eigenvalue weighted by molar-refractivity contribution is -0.357. The van der Waals surface area contributed by atoms with E-state index < -0.39 is 0 Å². The molecular weight excluding hydrogens is 198 g/mol. The van der Waals surface area contributed by atoms with Gasteiger partial charge in [0.1, 0.15) is 6.54 Å². The Balaban J connectivity index is 0.00000169. The standard InChI is InChI=1S/C11H21NO.ClH/c1-8-5-6-11(4,9(13)7-12)10(8,2)3;/h8H,5-7,12H2,1-4H3;1H. The topological polar surface area (TPSA) is 44.7 Å². The molecule has 1 aliphatic rings. The van der Waals surface area contributed by atoms with Crippen molar-refractivity contribution in [2.24, 2.45) is 16.7 Å². The Morgan fingerprint density at radius 3 is 2.21 bits per heavy atom. The molecule has 0 aromatic heterocycles. The van der Waals surface area contributed by atoms with Crippen LogP contribution in [0.1, 0.15) is 40.5 Å². The van der Waals surface area contributed by atoms with Crippen LogP contribution in [0.2, 0.25) is 0 Å². The Kier molecular flexibility index (Phi) is 4.17. The lowest BCUT2D eigenvalue weighted by atomic mass is 9.64. The van der Waals surface area contributed by atoms with Crippen molar-refractivity contribution in [2.75, 3.05) is 6.54 Å². The predicted octanol–water partition coefficient (Wildman–Crippen LogP) is -1.74. The summed E-state index contributed by atoms with van der Waals surface area (Å²) >= 11 is 0. The van der Waals surface area contributed by atoms with Gasteiger partial charge in [-0.15, -0.1) is 0 Å². The molecule has 0 saturated heterocycles. The van der Waals surface area contributed by atoms with Gasteiger partial charge in [0.2, 0.25) is 0 Å². The van der Waals surface area contributed by atoms with Gasteiger partial charge in [0.25, 0.3) is 0 Å². The summed E-state index contributed by atoms with van der Waals surface area (Å²) in [4.78, 5) is 11.8. The van der Waals surface area contributed by atoms with E-state index in [1.807, 2.05) is 0 Å². The average Bonchev–Trinajstić information content (AvgIpc) is 2.29. The Morgan fingerprint density at radius 1 is 1.43 bits per heavy atom. The van der Waals surface area contributed by atoms with Crippen LogP contribution in [0.3, 0.4) is 0 Å². The summed E-state index contributed by atoms with van der Waals surface area (Å²) in [7, 11) is 0. The summed E-state index contributed by atoms with van der Waals surface area (Å²) in [6.45, 7) is 9.24. The van der Waals surface area contributed by atoms with Crippen molar-refractivity contribution in [1.29, 1.82) is 0 Å². The molecule has 0 aliphatic heterocycles. The minimum atomic E-state index is -0.131. The van der Waals surface area contributed by atoms with Crippen LogP contribution >= 0.6 is 0 Å². The van der Waals surface area contributed by atoms with Gasteiger partial charge < -0.3 is 18.1 Å². The molecule has 3 heteroatoms. The smallest absolute Gasteiger partial charge is 0.193 e. The van der Waals surface area contributed by atoms with Crippen molar-refractivity contribution >= 4 is 5.78 Å². The molecule has 1 saturated carbocycles. The van der Waals surface area contributed by atoms with Crippen LogP contribution in [-0.4, -0.2) is 12.3 Å². The second-order valence-corrected chi connectivity index (χ2v) is 5.17. The molecule has 84 valence electrons. The Labute approximate surface area is 93.0 Å².